The summed E-state index contributed by atoms with van der Waals surface area (Å²) in [6.07, 6.45) is 5.31. The number of aryl methyl sites for hydroxylation is 1. The van der Waals surface area contributed by atoms with Crippen LogP contribution in [-0.4, -0.2) is 24.8 Å². The molecular weight excluding hydrogens is 246 g/mol. The van der Waals surface area contributed by atoms with Gasteiger partial charge >= 0.3 is 0 Å². The lowest BCUT2D eigenvalue weighted by Gasteiger charge is -2.33. The summed E-state index contributed by atoms with van der Waals surface area (Å²) in [7, 11) is -3.28. The standard InChI is InChI=1S/C14H19NO2S/c1-11-5-9-14(10-6-11)18(16,17)15-12-3-2-4-13(15)8-7-12/h5-6,9-10,12-13H,2-4,7-8H2,1H3. The number of nitrogens with zero attached hydrogens (tertiary/aromatic N) is 1. The molecular formula is C14H19NO2S. The summed E-state index contributed by atoms with van der Waals surface area (Å²) >= 11 is 0. The minimum atomic E-state index is -3.28. The highest BCUT2D eigenvalue weighted by Crippen LogP contribution is 2.39. The van der Waals surface area contributed by atoms with Gasteiger partial charge in [-0.25, -0.2) is 8.42 Å². The second-order valence-corrected chi connectivity index (χ2v) is 7.31. The quantitative estimate of drug-likeness (QED) is 0.824. The Morgan fingerprint density at radius 1 is 1.00 bits per heavy atom. The first-order chi connectivity index (χ1) is 8.59. The second kappa shape index (κ2) is 4.35. The number of fused-ring (bicyclic) bond motifs is 2. The van der Waals surface area contributed by atoms with Gasteiger partial charge in [0.1, 0.15) is 0 Å². The lowest BCUT2D eigenvalue weighted by molar-refractivity contribution is 0.248. The van der Waals surface area contributed by atoms with Gasteiger partial charge in [-0.1, -0.05) is 24.1 Å². The normalized spacial score (nSPS) is 28.5. The molecule has 2 fully saturated rings. The van der Waals surface area contributed by atoms with E-state index in [2.05, 4.69) is 0 Å². The first-order valence-corrected chi connectivity index (χ1v) is 8.13. The van der Waals surface area contributed by atoms with E-state index in [0.717, 1.165) is 31.2 Å². The van der Waals surface area contributed by atoms with E-state index in [1.54, 1.807) is 16.4 Å². The number of sulfonamides is 1. The van der Waals surface area contributed by atoms with Gasteiger partial charge in [-0.05, 0) is 44.7 Å². The zero-order valence-corrected chi connectivity index (χ0v) is 11.5. The first-order valence-electron chi connectivity index (χ1n) is 6.69. The van der Waals surface area contributed by atoms with Crippen LogP contribution in [0.2, 0.25) is 0 Å². The van der Waals surface area contributed by atoms with E-state index in [1.807, 2.05) is 19.1 Å². The molecule has 3 nitrogen and oxygen atoms in total. The van der Waals surface area contributed by atoms with Crippen LogP contribution in [0.25, 0.3) is 0 Å². The van der Waals surface area contributed by atoms with Gasteiger partial charge in [0.2, 0.25) is 10.0 Å². The second-order valence-electron chi connectivity index (χ2n) is 5.46. The van der Waals surface area contributed by atoms with Gasteiger partial charge in [-0.15, -0.1) is 0 Å². The minimum Gasteiger partial charge on any atom is -0.207 e. The summed E-state index contributed by atoms with van der Waals surface area (Å²) in [4.78, 5) is 0.451. The van der Waals surface area contributed by atoms with Crippen molar-refractivity contribution in [3.05, 3.63) is 29.8 Å². The molecule has 0 aromatic heterocycles. The highest BCUT2D eigenvalue weighted by atomic mass is 32.2. The maximum Gasteiger partial charge on any atom is 0.243 e. The summed E-state index contributed by atoms with van der Waals surface area (Å²) in [6.45, 7) is 1.97. The molecule has 2 aliphatic heterocycles. The van der Waals surface area contributed by atoms with Crippen molar-refractivity contribution in [3.63, 3.8) is 0 Å². The molecule has 2 atom stereocenters. The summed E-state index contributed by atoms with van der Waals surface area (Å²) in [5.74, 6) is 0. The topological polar surface area (TPSA) is 37.4 Å². The van der Waals surface area contributed by atoms with Crippen molar-refractivity contribution in [1.29, 1.82) is 0 Å². The van der Waals surface area contributed by atoms with E-state index in [4.69, 9.17) is 0 Å². The van der Waals surface area contributed by atoms with Crippen LogP contribution in [0.1, 0.15) is 37.7 Å². The average Bonchev–Trinajstić information content (AvgIpc) is 2.62. The fourth-order valence-electron chi connectivity index (χ4n) is 3.29. The van der Waals surface area contributed by atoms with E-state index in [-0.39, 0.29) is 12.1 Å². The van der Waals surface area contributed by atoms with Crippen molar-refractivity contribution < 1.29 is 8.42 Å². The van der Waals surface area contributed by atoms with E-state index in [1.165, 1.54) is 6.42 Å². The zero-order valence-electron chi connectivity index (χ0n) is 10.7. The average molecular weight is 265 g/mol. The largest absolute Gasteiger partial charge is 0.243 e. The molecule has 0 saturated carbocycles. The van der Waals surface area contributed by atoms with Crippen molar-refractivity contribution in [2.75, 3.05) is 0 Å². The molecule has 2 bridgehead atoms. The van der Waals surface area contributed by atoms with E-state index in [9.17, 15) is 8.42 Å². The maximum atomic E-state index is 12.7. The van der Waals surface area contributed by atoms with Crippen LogP contribution >= 0.6 is 0 Å². The third-order valence-electron chi connectivity index (χ3n) is 4.22. The highest BCUT2D eigenvalue weighted by Gasteiger charge is 2.43. The molecule has 0 aliphatic carbocycles. The van der Waals surface area contributed by atoms with Crippen LogP contribution in [0.4, 0.5) is 0 Å². The molecule has 2 aliphatic rings. The molecule has 2 unspecified atom stereocenters. The van der Waals surface area contributed by atoms with Gasteiger partial charge in [0, 0.05) is 12.1 Å². The number of rotatable bonds is 2. The predicted molar refractivity (Wildman–Crippen MR) is 70.9 cm³/mol. The Balaban J connectivity index is 1.97. The van der Waals surface area contributed by atoms with Gasteiger partial charge in [-0.2, -0.15) is 4.31 Å². The molecule has 98 valence electrons. The molecule has 0 radical (unpaired) electrons. The predicted octanol–water partition coefficient (Wildman–Crippen LogP) is 2.70. The number of hydrogen-bond donors (Lipinski definition) is 0. The van der Waals surface area contributed by atoms with Gasteiger partial charge in [0.25, 0.3) is 0 Å². The molecule has 0 spiro atoms. The highest BCUT2D eigenvalue weighted by molar-refractivity contribution is 7.89. The third kappa shape index (κ3) is 1.88. The molecule has 1 aromatic carbocycles. The van der Waals surface area contributed by atoms with Gasteiger partial charge in [0.15, 0.2) is 0 Å². The van der Waals surface area contributed by atoms with Crippen molar-refractivity contribution >= 4 is 10.0 Å². The van der Waals surface area contributed by atoms with E-state index in [0.29, 0.717) is 4.90 Å². The lowest BCUT2D eigenvalue weighted by Crippen LogP contribution is -2.43. The molecule has 1 aromatic rings. The molecule has 0 N–H and O–H groups in total. The fourth-order valence-corrected chi connectivity index (χ4v) is 5.22. The monoisotopic (exact) mass is 265 g/mol. The minimum absolute atomic E-state index is 0.245. The van der Waals surface area contributed by atoms with Gasteiger partial charge in [0.05, 0.1) is 4.90 Å². The third-order valence-corrected chi connectivity index (χ3v) is 6.24. The first kappa shape index (κ1) is 12.2. The van der Waals surface area contributed by atoms with E-state index < -0.39 is 10.0 Å². The molecule has 2 heterocycles. The van der Waals surface area contributed by atoms with Crippen molar-refractivity contribution in [3.8, 4) is 0 Å². The Hall–Kier alpha value is -0.870. The van der Waals surface area contributed by atoms with Crippen molar-refractivity contribution in [1.82, 2.24) is 4.31 Å². The van der Waals surface area contributed by atoms with Crippen LogP contribution in [0.15, 0.2) is 29.2 Å². The smallest absolute Gasteiger partial charge is 0.207 e. The zero-order chi connectivity index (χ0) is 12.8. The summed E-state index contributed by atoms with van der Waals surface area (Å²) in [5.41, 5.74) is 1.09. The Kier molecular flexibility index (Phi) is 2.94. The van der Waals surface area contributed by atoms with Crippen LogP contribution in [0, 0.1) is 6.92 Å². The molecule has 4 heteroatoms. The Labute approximate surface area is 109 Å². The van der Waals surface area contributed by atoms with Gasteiger partial charge in [-0.3, -0.25) is 0 Å². The van der Waals surface area contributed by atoms with Crippen molar-refractivity contribution in [2.45, 2.75) is 56.0 Å². The fraction of sp³-hybridized carbons (Fsp3) is 0.571. The number of piperidine rings is 1. The van der Waals surface area contributed by atoms with Gasteiger partial charge < -0.3 is 0 Å². The maximum absolute atomic E-state index is 12.7. The lowest BCUT2D eigenvalue weighted by atomic mass is 10.1. The molecule has 18 heavy (non-hydrogen) atoms. The van der Waals surface area contributed by atoms with Crippen LogP contribution in [0.5, 0.6) is 0 Å². The molecule has 3 rings (SSSR count). The van der Waals surface area contributed by atoms with E-state index >= 15 is 0 Å². The Morgan fingerprint density at radius 3 is 2.11 bits per heavy atom. The van der Waals surface area contributed by atoms with Crippen molar-refractivity contribution in [2.24, 2.45) is 0 Å². The Bertz CT molecular complexity index is 519. The summed E-state index contributed by atoms with van der Waals surface area (Å²) < 4.78 is 27.2. The molecule has 0 amide bonds. The SMILES string of the molecule is Cc1ccc(S(=O)(=O)N2C3CCCC2CC3)cc1. The summed E-state index contributed by atoms with van der Waals surface area (Å²) in [6, 6.07) is 7.71. The summed E-state index contributed by atoms with van der Waals surface area (Å²) in [5, 5.41) is 0. The molecule has 2 saturated heterocycles. The Morgan fingerprint density at radius 2 is 1.56 bits per heavy atom. The van der Waals surface area contributed by atoms with Crippen LogP contribution < -0.4 is 0 Å². The van der Waals surface area contributed by atoms with Crippen LogP contribution in [-0.2, 0) is 10.0 Å². The number of benzene rings is 1. The van der Waals surface area contributed by atoms with Crippen LogP contribution in [0.3, 0.4) is 0 Å². The number of hydrogen-bond acceptors (Lipinski definition) is 2.